The number of hydrogen-bond donors (Lipinski definition) is 0. The predicted molar refractivity (Wildman–Crippen MR) is 140 cm³/mol. The van der Waals surface area contributed by atoms with E-state index in [0.717, 1.165) is 10.6 Å². The van der Waals surface area contributed by atoms with Gasteiger partial charge in [0.1, 0.15) is 0 Å². The maximum Gasteiger partial charge on any atom is 0 e. The number of rotatable bonds is 2. The van der Waals surface area contributed by atoms with Crippen LogP contribution in [0.2, 0.25) is 0 Å². The van der Waals surface area contributed by atoms with Gasteiger partial charge >= 0.3 is 48.3 Å². The minimum absolute atomic E-state index is 0. The van der Waals surface area contributed by atoms with Gasteiger partial charge in [0.05, 0.1) is 38.5 Å². The molecule has 3 aliphatic heterocycles. The molecule has 13 heteroatoms. The van der Waals surface area contributed by atoms with Crippen molar-refractivity contribution in [2.75, 3.05) is 0 Å². The van der Waals surface area contributed by atoms with Crippen LogP contribution in [0.3, 0.4) is 0 Å². The summed E-state index contributed by atoms with van der Waals surface area (Å²) in [5.41, 5.74) is 2.34. The van der Waals surface area contributed by atoms with E-state index in [-0.39, 0.29) is 31.4 Å². The minimum Gasteiger partial charge on any atom is 0 e. The monoisotopic (exact) mass is 774 g/mol. The summed E-state index contributed by atoms with van der Waals surface area (Å²) in [7, 11) is -1.90. The third kappa shape index (κ3) is 12.5. The topological polar surface area (TPSA) is 43.4 Å². The van der Waals surface area contributed by atoms with Crippen LogP contribution in [0.1, 0.15) is 79.1 Å². The molecule has 0 saturated carbocycles. The van der Waals surface area contributed by atoms with Crippen LogP contribution in [-0.4, -0.2) is 54.0 Å². The maximum absolute atomic E-state index is 12.4. The summed E-state index contributed by atoms with van der Waals surface area (Å²) < 4.78 is 64.7. The van der Waals surface area contributed by atoms with E-state index in [1.807, 2.05) is 0 Å². The second kappa shape index (κ2) is 13.3. The van der Waals surface area contributed by atoms with E-state index in [2.05, 4.69) is 52.0 Å². The molecule has 2 saturated heterocycles. The van der Waals surface area contributed by atoms with Crippen molar-refractivity contribution in [3.8, 4) is 0 Å². The van der Waals surface area contributed by atoms with Crippen molar-refractivity contribution in [2.24, 2.45) is 0 Å². The molecule has 0 spiro atoms. The van der Waals surface area contributed by atoms with Gasteiger partial charge in [-0.25, -0.2) is 9.59 Å². The number of carbonyl (C=O) groups excluding carboxylic acids is 2. The second-order valence-corrected chi connectivity index (χ2v) is 22.4. The van der Waals surface area contributed by atoms with Gasteiger partial charge < -0.3 is 4.74 Å². The zero-order valence-electron chi connectivity index (χ0n) is 21.5. The van der Waals surface area contributed by atoms with Crippen LogP contribution in [0.25, 0.3) is 0 Å². The Labute approximate surface area is 233 Å². The predicted octanol–water partition coefficient (Wildman–Crippen LogP) is 8.66. The third-order valence-corrected chi connectivity index (χ3v) is 14.7. The molecule has 0 aromatic heterocycles. The number of carbonyl (C=O) groups is 2. The number of cyclic esters (lactones) is 2. The fourth-order valence-electron chi connectivity index (χ4n) is 5.35. The minimum atomic E-state index is -11.2. The summed E-state index contributed by atoms with van der Waals surface area (Å²) in [5.74, 6) is -0.568. The molecule has 37 heavy (non-hydrogen) atoms. The van der Waals surface area contributed by atoms with Gasteiger partial charge in [-0.05, 0) is 79.1 Å². The zero-order chi connectivity index (χ0) is 27.4. The molecule has 3 nitrogen and oxygen atoms in total. The molecule has 4 atom stereocenters. The third-order valence-electron chi connectivity index (χ3n) is 6.94. The van der Waals surface area contributed by atoms with Gasteiger partial charge in [-0.1, -0.05) is 24.3 Å². The zero-order valence-corrected chi connectivity index (χ0v) is 27.7. The molecule has 1 aliphatic carbocycles. The van der Waals surface area contributed by atoms with Crippen LogP contribution in [0.15, 0.2) is 34.9 Å². The van der Waals surface area contributed by atoms with Gasteiger partial charge in [0.2, 0.25) is 10.6 Å². The second-order valence-electron chi connectivity index (χ2n) is 10.2. The number of allylic oxidation sites excluding steroid dienone is 4. The number of ether oxygens (including phenoxy) is 1. The van der Waals surface area contributed by atoms with Crippen LogP contribution < -0.4 is 0 Å². The Bertz CT molecular complexity index is 822. The summed E-state index contributed by atoms with van der Waals surface area (Å²) in [6.07, 6.45) is 18.8. The van der Waals surface area contributed by atoms with Gasteiger partial charge in [-0.2, -0.15) is 0 Å². The summed E-state index contributed by atoms with van der Waals surface area (Å²) in [6.45, 7) is 9.05. The molecular formula is C24H38F6O3P2RhSb+. The van der Waals surface area contributed by atoms with E-state index in [1.54, 1.807) is 0 Å². The first kappa shape index (κ1) is 35.3. The Morgan fingerprint density at radius 3 is 1.05 bits per heavy atom. The first-order valence-electron chi connectivity index (χ1n) is 12.5. The number of halogens is 6. The van der Waals surface area contributed by atoms with Crippen LogP contribution in [0.4, 0.5) is 16.9 Å². The molecule has 0 amide bonds. The fraction of sp³-hybridized carbons (Fsp3) is 0.667. The van der Waals surface area contributed by atoms with E-state index >= 15 is 0 Å². The maximum atomic E-state index is 12.4. The van der Waals surface area contributed by atoms with Crippen molar-refractivity contribution in [1.29, 1.82) is 0 Å². The van der Waals surface area contributed by atoms with E-state index in [1.165, 1.54) is 51.4 Å². The van der Waals surface area contributed by atoms with Gasteiger partial charge in [-0.15, -0.1) is 0 Å². The summed E-state index contributed by atoms with van der Waals surface area (Å²) >= 11 is -11.2. The van der Waals surface area contributed by atoms with Gasteiger partial charge in [0.25, 0.3) is 0 Å². The Balaban J connectivity index is 0.000000354. The van der Waals surface area contributed by atoms with Gasteiger partial charge in [0.15, 0.2) is 0 Å². The largest absolute Gasteiger partial charge is 0 e. The van der Waals surface area contributed by atoms with Crippen LogP contribution in [0.5, 0.6) is 0 Å². The number of hydrogen-bond acceptors (Lipinski definition) is 3. The van der Waals surface area contributed by atoms with Crippen molar-refractivity contribution in [1.82, 2.24) is 0 Å². The molecule has 4 aliphatic rings. The Kier molecular flexibility index (Phi) is 12.6. The molecule has 4 rings (SSSR count). The molecular weight excluding hydrogens is 737 g/mol. The first-order valence-corrected chi connectivity index (χ1v) is 21.6. The molecule has 4 unspecified atom stereocenters. The molecule has 0 N–H and O–H groups in total. The van der Waals surface area contributed by atoms with E-state index in [0.29, 0.717) is 22.6 Å². The Morgan fingerprint density at radius 2 is 0.838 bits per heavy atom. The standard InChI is InChI=1S/C16H24O3P2.C8H12.6FH.Rh.Sb/c1-9-5-6-10(2)20(9)13-14(16(18)19-15(13)17)21-11(3)7-8-12(21)4;1-2-4-6-8-7-5-3-1;;;;;;;;/h9-12H,5-8H2,1-4H3;1-2,7-8H,3-6H2;6*1H;;/q;;;;;;;;;+5/p-4. The van der Waals surface area contributed by atoms with Crippen molar-refractivity contribution < 1.29 is 50.7 Å². The summed E-state index contributed by atoms with van der Waals surface area (Å²) in [5, 5.41) is 1.77. The fourth-order valence-corrected chi connectivity index (χ4v) is 13.4. The Hall–Kier alpha value is 0.242. The molecule has 0 bridgehead atoms. The summed E-state index contributed by atoms with van der Waals surface area (Å²) in [6, 6.07) is 0. The van der Waals surface area contributed by atoms with Crippen molar-refractivity contribution in [3.05, 3.63) is 34.9 Å². The average Bonchev–Trinajstić information content (AvgIpc) is 3.27. The quantitative estimate of drug-likeness (QED) is 0.0705. The average molecular weight is 775 g/mol. The molecule has 1 radical (unpaired) electrons. The Morgan fingerprint density at radius 1 is 0.622 bits per heavy atom. The van der Waals surface area contributed by atoms with E-state index in [9.17, 15) is 26.5 Å². The van der Waals surface area contributed by atoms with E-state index < -0.39 is 35.3 Å². The van der Waals surface area contributed by atoms with Crippen molar-refractivity contribution in [2.45, 2.75) is 102 Å². The molecule has 217 valence electrons. The molecule has 0 aromatic carbocycles. The number of esters is 2. The first-order chi connectivity index (χ1) is 16.4. The molecule has 2 fully saturated rings. The van der Waals surface area contributed by atoms with Crippen LogP contribution in [-0.2, 0) is 33.8 Å². The molecule has 0 aromatic rings. The molecule has 3 heterocycles. The SMILES string of the molecule is C1=CCCC=CCC1.CC1CCC(C)[PH+]1C1=C([PH+]2C(C)CCC2C)C(=O)OC1=O.[F][Sb-]([F])([F])([F])([F])[F].[Rh]. The van der Waals surface area contributed by atoms with Crippen molar-refractivity contribution >= 4 is 47.3 Å². The van der Waals surface area contributed by atoms with Crippen LogP contribution >= 0.6 is 15.8 Å². The van der Waals surface area contributed by atoms with Crippen LogP contribution in [0, 0.1) is 0 Å². The van der Waals surface area contributed by atoms with Gasteiger partial charge in [0, 0.05) is 19.5 Å². The smallest absolute Gasteiger partial charge is 0 e. The van der Waals surface area contributed by atoms with Crippen molar-refractivity contribution in [3.63, 3.8) is 0 Å². The summed E-state index contributed by atoms with van der Waals surface area (Å²) in [4.78, 5) is 24.8. The van der Waals surface area contributed by atoms with E-state index in [4.69, 9.17) is 4.74 Å². The van der Waals surface area contributed by atoms with Gasteiger partial charge in [-0.3, -0.25) is 0 Å². The normalized spacial score (nSPS) is 33.6.